The van der Waals surface area contributed by atoms with E-state index in [-0.39, 0.29) is 34.3 Å². The molecule has 0 aliphatic rings. The van der Waals surface area contributed by atoms with Crippen molar-refractivity contribution in [1.82, 2.24) is 25.9 Å². The lowest BCUT2D eigenvalue weighted by Gasteiger charge is -2.11. The van der Waals surface area contributed by atoms with E-state index in [9.17, 15) is 9.59 Å². The zero-order valence-corrected chi connectivity index (χ0v) is 27.1. The van der Waals surface area contributed by atoms with Crippen LogP contribution in [0.2, 0.25) is 5.15 Å². The van der Waals surface area contributed by atoms with Gasteiger partial charge in [-0.05, 0) is 43.4 Å². The maximum Gasteiger partial charge on any atom is 0.280 e. The van der Waals surface area contributed by atoms with Crippen LogP contribution in [-0.2, 0) is 25.4 Å². The second-order valence-corrected chi connectivity index (χ2v) is 10.2. The van der Waals surface area contributed by atoms with Crippen LogP contribution in [0.15, 0.2) is 41.5 Å². The number of hydrogen-bond acceptors (Lipinski definition) is 12. The first-order valence-corrected chi connectivity index (χ1v) is 15.4. The molecule has 0 saturated heterocycles. The zero-order chi connectivity index (χ0) is 33.6. The van der Waals surface area contributed by atoms with E-state index in [0.29, 0.717) is 71.6 Å². The molecular weight excluding hydrogens is 618 g/mol. The number of halogens is 1. The average molecular weight is 664 g/mol. The zero-order valence-electron chi connectivity index (χ0n) is 26.3. The smallest absolute Gasteiger partial charge is 0.280 e. The number of nitrogen functional groups attached to an aromatic ring is 2. The topological polar surface area (TPSA) is 223 Å². The molecule has 0 saturated carbocycles. The summed E-state index contributed by atoms with van der Waals surface area (Å²) >= 11 is 5.80. The maximum atomic E-state index is 12.3. The van der Waals surface area contributed by atoms with Crippen LogP contribution >= 0.6 is 11.6 Å². The molecule has 0 aliphatic carbocycles. The van der Waals surface area contributed by atoms with Gasteiger partial charge in [-0.1, -0.05) is 37.2 Å². The molecule has 16 heteroatoms. The van der Waals surface area contributed by atoms with Crippen molar-refractivity contribution in [3.05, 3.63) is 53.0 Å². The predicted octanol–water partition coefficient (Wildman–Crippen LogP) is 1.42. The minimum absolute atomic E-state index is 0.0566. The van der Waals surface area contributed by atoms with Gasteiger partial charge in [0.1, 0.15) is 12.4 Å². The molecule has 46 heavy (non-hydrogen) atoms. The number of ether oxygens (including phenoxy) is 4. The fourth-order valence-electron chi connectivity index (χ4n) is 3.70. The van der Waals surface area contributed by atoms with Crippen molar-refractivity contribution < 1.29 is 28.5 Å². The first-order chi connectivity index (χ1) is 22.2. The second kappa shape index (κ2) is 22.3. The van der Waals surface area contributed by atoms with Crippen LogP contribution in [0.1, 0.15) is 42.2 Å². The highest BCUT2D eigenvalue weighted by Crippen LogP contribution is 2.17. The maximum absolute atomic E-state index is 12.3. The van der Waals surface area contributed by atoms with E-state index in [1.165, 1.54) is 0 Å². The monoisotopic (exact) mass is 663 g/mol. The van der Waals surface area contributed by atoms with E-state index in [1.807, 2.05) is 31.2 Å². The Bertz CT molecular complexity index is 1260. The Morgan fingerprint density at radius 3 is 2.26 bits per heavy atom. The first-order valence-electron chi connectivity index (χ1n) is 15.1. The van der Waals surface area contributed by atoms with Gasteiger partial charge in [-0.3, -0.25) is 19.9 Å². The Labute approximate surface area is 274 Å². The first kappa shape index (κ1) is 38.0. The molecule has 15 nitrogen and oxygen atoms in total. The molecular formula is C30H46ClN9O6. The highest BCUT2D eigenvalue weighted by molar-refractivity contribution is 6.31. The van der Waals surface area contributed by atoms with Gasteiger partial charge in [0, 0.05) is 26.2 Å². The Morgan fingerprint density at radius 2 is 1.54 bits per heavy atom. The van der Waals surface area contributed by atoms with E-state index >= 15 is 0 Å². The lowest BCUT2D eigenvalue weighted by molar-refractivity contribution is -0.118. The lowest BCUT2D eigenvalue weighted by atomic mass is 10.1. The number of guanidine groups is 1. The number of rotatable bonds is 23. The predicted molar refractivity (Wildman–Crippen MR) is 178 cm³/mol. The summed E-state index contributed by atoms with van der Waals surface area (Å²) in [6.07, 6.45) is 3.44. The molecule has 0 spiro atoms. The van der Waals surface area contributed by atoms with E-state index in [2.05, 4.69) is 37.5 Å². The number of unbranched alkanes of at least 4 members (excludes halogenated alkanes) is 1. The largest absolute Gasteiger partial charge is 0.491 e. The third kappa shape index (κ3) is 15.7. The van der Waals surface area contributed by atoms with Gasteiger partial charge >= 0.3 is 0 Å². The molecule has 0 fully saturated rings. The normalized spacial score (nSPS) is 11.2. The number of nitrogens with two attached hydrogens (primary N) is 3. The summed E-state index contributed by atoms with van der Waals surface area (Å²) in [6, 6.07) is 7.87. The molecule has 0 aliphatic heterocycles. The molecule has 0 atom stereocenters. The fourth-order valence-corrected chi connectivity index (χ4v) is 3.83. The van der Waals surface area contributed by atoms with E-state index < -0.39 is 5.91 Å². The fraction of sp³-hybridized carbons (Fsp3) is 0.500. The van der Waals surface area contributed by atoms with Gasteiger partial charge in [-0.25, -0.2) is 9.97 Å². The molecule has 1 aromatic heterocycles. The average Bonchev–Trinajstić information content (AvgIpc) is 3.03. The Balaban J connectivity index is 1.47. The minimum atomic E-state index is -0.674. The van der Waals surface area contributed by atoms with Crippen LogP contribution in [0.5, 0.6) is 5.75 Å². The number of benzene rings is 1. The van der Waals surface area contributed by atoms with Gasteiger partial charge in [0.25, 0.3) is 11.8 Å². The number of hydrogen-bond donors (Lipinski definition) is 6. The molecule has 1 aromatic carbocycles. The summed E-state index contributed by atoms with van der Waals surface area (Å²) in [5.74, 6) is -0.450. The van der Waals surface area contributed by atoms with Crippen molar-refractivity contribution in [2.75, 3.05) is 77.3 Å². The third-order valence-electron chi connectivity index (χ3n) is 6.05. The quantitative estimate of drug-likeness (QED) is 0.0430. The summed E-state index contributed by atoms with van der Waals surface area (Å²) in [7, 11) is 0. The lowest BCUT2D eigenvalue weighted by Crippen LogP contribution is -2.38. The van der Waals surface area contributed by atoms with Crippen molar-refractivity contribution in [2.24, 2.45) is 10.7 Å². The highest BCUT2D eigenvalue weighted by atomic mass is 35.5. The Hall–Kier alpha value is -4.18. The van der Waals surface area contributed by atoms with Crippen molar-refractivity contribution in [1.29, 1.82) is 0 Å². The molecule has 254 valence electrons. The summed E-state index contributed by atoms with van der Waals surface area (Å²) in [5, 5.41) is 7.96. The summed E-state index contributed by atoms with van der Waals surface area (Å²) in [6.45, 7) is 10.4. The van der Waals surface area contributed by atoms with E-state index in [0.717, 1.165) is 37.0 Å². The van der Waals surface area contributed by atoms with Crippen LogP contribution in [0.4, 0.5) is 11.6 Å². The van der Waals surface area contributed by atoms with Gasteiger partial charge in [0.15, 0.2) is 28.4 Å². The molecule has 2 rings (SSSR count). The van der Waals surface area contributed by atoms with Crippen LogP contribution in [0.25, 0.3) is 0 Å². The summed E-state index contributed by atoms with van der Waals surface area (Å²) in [5.41, 5.74) is 18.3. The van der Waals surface area contributed by atoms with Crippen LogP contribution in [0.3, 0.4) is 0 Å². The minimum Gasteiger partial charge on any atom is -0.491 e. The highest BCUT2D eigenvalue weighted by Gasteiger charge is 2.16. The van der Waals surface area contributed by atoms with Crippen LogP contribution < -0.4 is 37.9 Å². The summed E-state index contributed by atoms with van der Waals surface area (Å²) < 4.78 is 22.1. The molecule has 9 N–H and O–H groups in total. The molecule has 2 aromatic rings. The Morgan fingerprint density at radius 1 is 0.891 bits per heavy atom. The number of carbonyl (C=O) groups excluding carboxylic acids is 2. The molecule has 0 unspecified atom stereocenters. The number of nitrogens with one attached hydrogen (secondary N) is 3. The van der Waals surface area contributed by atoms with E-state index in [4.69, 9.17) is 47.7 Å². The molecule has 0 radical (unpaired) electrons. The summed E-state index contributed by atoms with van der Waals surface area (Å²) in [4.78, 5) is 35.9. The molecule has 2 amide bonds. The van der Waals surface area contributed by atoms with E-state index in [1.54, 1.807) is 0 Å². The van der Waals surface area contributed by atoms with Crippen molar-refractivity contribution in [2.45, 2.75) is 32.6 Å². The number of amides is 2. The van der Waals surface area contributed by atoms with Gasteiger partial charge in [-0.15, -0.1) is 0 Å². The number of aryl methyl sites for hydroxylation is 1. The third-order valence-corrected chi connectivity index (χ3v) is 6.33. The van der Waals surface area contributed by atoms with Gasteiger partial charge in [0.05, 0.1) is 38.7 Å². The Kier molecular flexibility index (Phi) is 18.5. The second-order valence-electron chi connectivity index (χ2n) is 9.80. The SMILES string of the molecule is C=C(NCCOCCOCCOc1ccc(CCCCN=C(N)NC(=O)c2nc(Cl)c(N)nc2N)cc1)C(=O)NCCOCCC. The number of aliphatic imine (C=N–C) groups is 1. The standard InChI is InChI=1S/C30H46ClN9O6/c1-3-14-43-16-13-36-28(41)21(2)35-12-15-44-17-18-45-19-20-46-23-9-7-22(8-10-23)6-4-5-11-37-30(34)40-29(42)24-26(32)39-27(33)25(31)38-24/h7-10,35H,2-6,11-20H2,1H3,(H,36,41)(H4,32,33,39)(H3,34,37,40,42). The van der Waals surface area contributed by atoms with Gasteiger partial charge in [-0.2, -0.15) is 0 Å². The number of carbonyl (C=O) groups is 2. The number of aromatic nitrogens is 2. The number of anilines is 2. The van der Waals surface area contributed by atoms with Crippen molar-refractivity contribution >= 4 is 41.0 Å². The van der Waals surface area contributed by atoms with Crippen LogP contribution in [-0.4, -0.2) is 93.6 Å². The molecule has 0 bridgehead atoms. The van der Waals surface area contributed by atoms with Crippen LogP contribution in [0, 0.1) is 0 Å². The van der Waals surface area contributed by atoms with Crippen molar-refractivity contribution in [3.8, 4) is 5.75 Å². The van der Waals surface area contributed by atoms with Gasteiger partial charge in [0.2, 0.25) is 0 Å². The van der Waals surface area contributed by atoms with Crippen molar-refractivity contribution in [3.63, 3.8) is 0 Å². The number of nitrogens with zero attached hydrogens (tertiary/aromatic N) is 3. The van der Waals surface area contributed by atoms with Gasteiger partial charge < -0.3 is 46.8 Å². The molecule has 1 heterocycles.